The molecule has 1 saturated heterocycles. The third kappa shape index (κ3) is 3.90. The number of rotatable bonds is 6. The largest absolute Gasteiger partial charge is 0.493 e. The molecule has 5 rings (SSSR count). The third-order valence-corrected chi connectivity index (χ3v) is 5.43. The standard InChI is InChI=1S/C23H24N6O3/c1-30-19-7-6-16(13-20(19)31-2)25-23-21-18(14-24-28-21)26-22(27-23)15-4-3-5-17(12-15)29-8-10-32-11-9-29/h3-7,12-14H,8-11H2,1-2H3,(H,24,28)(H,25,26,27). The molecule has 0 spiro atoms. The van der Waals surface area contributed by atoms with E-state index in [0.29, 0.717) is 23.1 Å². The number of anilines is 3. The van der Waals surface area contributed by atoms with Gasteiger partial charge in [-0.15, -0.1) is 0 Å². The fourth-order valence-electron chi connectivity index (χ4n) is 3.77. The van der Waals surface area contributed by atoms with Crippen LogP contribution in [-0.4, -0.2) is 60.7 Å². The molecule has 0 aliphatic carbocycles. The molecule has 4 aromatic rings. The zero-order chi connectivity index (χ0) is 21.9. The molecule has 1 fully saturated rings. The van der Waals surface area contributed by atoms with E-state index < -0.39 is 0 Å². The van der Waals surface area contributed by atoms with E-state index in [9.17, 15) is 0 Å². The lowest BCUT2D eigenvalue weighted by atomic mass is 10.1. The highest BCUT2D eigenvalue weighted by molar-refractivity contribution is 5.88. The van der Waals surface area contributed by atoms with Crippen LogP contribution in [0.15, 0.2) is 48.7 Å². The van der Waals surface area contributed by atoms with Gasteiger partial charge in [0.1, 0.15) is 11.0 Å². The highest BCUT2D eigenvalue weighted by Crippen LogP contribution is 2.33. The number of nitrogens with one attached hydrogen (secondary N) is 2. The molecule has 0 atom stereocenters. The molecule has 0 saturated carbocycles. The minimum Gasteiger partial charge on any atom is -0.493 e. The molecule has 9 nitrogen and oxygen atoms in total. The molecular weight excluding hydrogens is 408 g/mol. The van der Waals surface area contributed by atoms with Gasteiger partial charge in [0.15, 0.2) is 23.1 Å². The van der Waals surface area contributed by atoms with Crippen LogP contribution >= 0.6 is 0 Å². The van der Waals surface area contributed by atoms with Gasteiger partial charge in [-0.3, -0.25) is 5.10 Å². The number of nitrogens with zero attached hydrogens (tertiary/aromatic N) is 4. The Morgan fingerprint density at radius 3 is 2.66 bits per heavy atom. The predicted octanol–water partition coefficient (Wildman–Crippen LogP) is 3.62. The SMILES string of the molecule is COc1ccc(Nc2nc(-c3cccc(N4CCOCC4)c3)nc3cn[nH]c23)cc1OC. The van der Waals surface area contributed by atoms with E-state index in [-0.39, 0.29) is 0 Å². The molecule has 164 valence electrons. The summed E-state index contributed by atoms with van der Waals surface area (Å²) in [5.41, 5.74) is 4.34. The summed E-state index contributed by atoms with van der Waals surface area (Å²) in [6, 6.07) is 13.9. The van der Waals surface area contributed by atoms with Crippen molar-refractivity contribution in [3.63, 3.8) is 0 Å². The number of methoxy groups -OCH3 is 2. The Balaban J connectivity index is 1.51. The Morgan fingerprint density at radius 2 is 1.84 bits per heavy atom. The highest BCUT2D eigenvalue weighted by atomic mass is 16.5. The maximum Gasteiger partial charge on any atom is 0.162 e. The van der Waals surface area contributed by atoms with Crippen LogP contribution in [0.2, 0.25) is 0 Å². The molecule has 3 heterocycles. The van der Waals surface area contributed by atoms with Crippen molar-refractivity contribution in [3.8, 4) is 22.9 Å². The van der Waals surface area contributed by atoms with Gasteiger partial charge < -0.3 is 24.4 Å². The van der Waals surface area contributed by atoms with Gasteiger partial charge in [-0.25, -0.2) is 9.97 Å². The lowest BCUT2D eigenvalue weighted by Gasteiger charge is -2.29. The van der Waals surface area contributed by atoms with Crippen molar-refractivity contribution in [2.75, 3.05) is 50.7 Å². The van der Waals surface area contributed by atoms with Crippen LogP contribution < -0.4 is 19.7 Å². The van der Waals surface area contributed by atoms with Crippen LogP contribution in [0.5, 0.6) is 11.5 Å². The van der Waals surface area contributed by atoms with E-state index in [1.54, 1.807) is 20.4 Å². The Kier molecular flexibility index (Phi) is 5.47. The number of aromatic amines is 1. The first-order valence-corrected chi connectivity index (χ1v) is 10.4. The molecule has 2 aromatic heterocycles. The molecule has 2 N–H and O–H groups in total. The predicted molar refractivity (Wildman–Crippen MR) is 123 cm³/mol. The van der Waals surface area contributed by atoms with Gasteiger partial charge in [-0.2, -0.15) is 5.10 Å². The number of hydrogen-bond donors (Lipinski definition) is 2. The first-order chi connectivity index (χ1) is 15.7. The highest BCUT2D eigenvalue weighted by Gasteiger charge is 2.15. The second-order valence-electron chi connectivity index (χ2n) is 7.37. The molecule has 32 heavy (non-hydrogen) atoms. The average molecular weight is 432 g/mol. The molecular formula is C23H24N6O3. The van der Waals surface area contributed by atoms with Gasteiger partial charge >= 0.3 is 0 Å². The molecule has 0 bridgehead atoms. The Bertz CT molecular complexity index is 1240. The minimum atomic E-state index is 0.622. The van der Waals surface area contributed by atoms with Crippen LogP contribution in [-0.2, 0) is 4.74 Å². The summed E-state index contributed by atoms with van der Waals surface area (Å²) in [5.74, 6) is 2.54. The first kappa shape index (κ1) is 20.1. The quantitative estimate of drug-likeness (QED) is 0.477. The summed E-state index contributed by atoms with van der Waals surface area (Å²) >= 11 is 0. The van der Waals surface area contributed by atoms with Crippen molar-refractivity contribution in [2.24, 2.45) is 0 Å². The number of H-pyrrole nitrogens is 1. The van der Waals surface area contributed by atoms with E-state index in [1.165, 1.54) is 0 Å². The number of aromatic nitrogens is 4. The average Bonchev–Trinajstić information content (AvgIpc) is 3.34. The number of benzene rings is 2. The molecule has 0 unspecified atom stereocenters. The third-order valence-electron chi connectivity index (χ3n) is 5.43. The van der Waals surface area contributed by atoms with Gasteiger partial charge in [0.2, 0.25) is 0 Å². The van der Waals surface area contributed by atoms with Crippen molar-refractivity contribution >= 4 is 28.2 Å². The molecule has 1 aliphatic heterocycles. The summed E-state index contributed by atoms with van der Waals surface area (Å²) in [7, 11) is 3.22. The summed E-state index contributed by atoms with van der Waals surface area (Å²) in [4.78, 5) is 11.8. The van der Waals surface area contributed by atoms with Crippen LogP contribution in [0.3, 0.4) is 0 Å². The zero-order valence-corrected chi connectivity index (χ0v) is 18.0. The molecule has 1 aliphatic rings. The van der Waals surface area contributed by atoms with E-state index >= 15 is 0 Å². The molecule has 0 amide bonds. The Hall–Kier alpha value is -3.85. The fourth-order valence-corrected chi connectivity index (χ4v) is 3.77. The van der Waals surface area contributed by atoms with Crippen LogP contribution in [0.1, 0.15) is 0 Å². The lowest BCUT2D eigenvalue weighted by Crippen LogP contribution is -2.36. The van der Waals surface area contributed by atoms with Gasteiger partial charge in [0.25, 0.3) is 0 Å². The monoisotopic (exact) mass is 432 g/mol. The van der Waals surface area contributed by atoms with Crippen LogP contribution in [0.4, 0.5) is 17.2 Å². The van der Waals surface area contributed by atoms with E-state index in [4.69, 9.17) is 24.2 Å². The summed E-state index contributed by atoms with van der Waals surface area (Å²) < 4.78 is 16.2. The van der Waals surface area contributed by atoms with E-state index in [2.05, 4.69) is 32.5 Å². The molecule has 2 aromatic carbocycles. The number of morpholine rings is 1. The van der Waals surface area contributed by atoms with E-state index in [1.807, 2.05) is 30.3 Å². The van der Waals surface area contributed by atoms with Crippen molar-refractivity contribution in [3.05, 3.63) is 48.7 Å². The number of hydrogen-bond acceptors (Lipinski definition) is 8. The maximum atomic E-state index is 5.48. The topological polar surface area (TPSA) is 97.4 Å². The van der Waals surface area contributed by atoms with Crippen molar-refractivity contribution in [1.29, 1.82) is 0 Å². The summed E-state index contributed by atoms with van der Waals surface area (Å²) in [5, 5.41) is 10.5. The van der Waals surface area contributed by atoms with Gasteiger partial charge in [0.05, 0.1) is 33.6 Å². The van der Waals surface area contributed by atoms with E-state index in [0.717, 1.165) is 54.3 Å². The van der Waals surface area contributed by atoms with Crippen molar-refractivity contribution in [2.45, 2.75) is 0 Å². The first-order valence-electron chi connectivity index (χ1n) is 10.4. The second-order valence-corrected chi connectivity index (χ2v) is 7.37. The molecule has 9 heteroatoms. The second kappa shape index (κ2) is 8.72. The van der Waals surface area contributed by atoms with Crippen LogP contribution in [0.25, 0.3) is 22.4 Å². The van der Waals surface area contributed by atoms with Crippen LogP contribution in [0, 0.1) is 0 Å². The Labute approximate surface area is 185 Å². The fraction of sp³-hybridized carbons (Fsp3) is 0.261. The smallest absolute Gasteiger partial charge is 0.162 e. The van der Waals surface area contributed by atoms with Gasteiger partial charge in [-0.1, -0.05) is 12.1 Å². The molecule has 0 radical (unpaired) electrons. The van der Waals surface area contributed by atoms with Crippen molar-refractivity contribution in [1.82, 2.24) is 20.2 Å². The lowest BCUT2D eigenvalue weighted by molar-refractivity contribution is 0.122. The summed E-state index contributed by atoms with van der Waals surface area (Å²) in [6.45, 7) is 3.22. The summed E-state index contributed by atoms with van der Waals surface area (Å²) in [6.07, 6.45) is 1.70. The number of ether oxygens (including phenoxy) is 3. The minimum absolute atomic E-state index is 0.622. The maximum absolute atomic E-state index is 5.48. The van der Waals surface area contributed by atoms with Gasteiger partial charge in [-0.05, 0) is 24.3 Å². The number of fused-ring (bicyclic) bond motifs is 1. The van der Waals surface area contributed by atoms with Gasteiger partial charge in [0, 0.05) is 36.1 Å². The Morgan fingerprint density at radius 1 is 1.00 bits per heavy atom. The zero-order valence-electron chi connectivity index (χ0n) is 18.0. The normalized spacial score (nSPS) is 13.9. The van der Waals surface area contributed by atoms with Crippen molar-refractivity contribution < 1.29 is 14.2 Å².